The topological polar surface area (TPSA) is 40.6 Å². The van der Waals surface area contributed by atoms with Crippen LogP contribution >= 0.6 is 0 Å². The van der Waals surface area contributed by atoms with Crippen LogP contribution in [0.15, 0.2) is 24.3 Å². The number of anilines is 2. The summed E-state index contributed by atoms with van der Waals surface area (Å²) in [6, 6.07) is 7.95. The predicted molar refractivity (Wildman–Crippen MR) is 76.6 cm³/mol. The molecule has 1 aromatic rings. The second kappa shape index (κ2) is 5.87. The van der Waals surface area contributed by atoms with Gasteiger partial charge < -0.3 is 9.80 Å². The van der Waals surface area contributed by atoms with E-state index in [1.807, 2.05) is 24.3 Å². The van der Waals surface area contributed by atoms with Crippen LogP contribution in [-0.4, -0.2) is 31.8 Å². The third kappa shape index (κ3) is 3.34. The van der Waals surface area contributed by atoms with Gasteiger partial charge in [0.1, 0.15) is 5.78 Å². The van der Waals surface area contributed by atoms with E-state index in [1.165, 1.54) is 30.4 Å². The number of hydrogen-bond donors (Lipinski definition) is 0. The summed E-state index contributed by atoms with van der Waals surface area (Å²) in [5.41, 5.74) is 2.03. The zero-order chi connectivity index (χ0) is 13.8. The van der Waals surface area contributed by atoms with Crippen molar-refractivity contribution in [2.45, 2.75) is 26.2 Å². The van der Waals surface area contributed by atoms with Gasteiger partial charge in [-0.15, -0.1) is 0 Å². The molecule has 0 radical (unpaired) electrons. The van der Waals surface area contributed by atoms with Gasteiger partial charge in [-0.25, -0.2) is 0 Å². The second-order valence-corrected chi connectivity index (χ2v) is 5.04. The summed E-state index contributed by atoms with van der Waals surface area (Å²) in [5, 5.41) is 0. The molecule has 2 rings (SSSR count). The highest BCUT2D eigenvalue weighted by molar-refractivity contribution is 6.04. The maximum absolute atomic E-state index is 11.8. The van der Waals surface area contributed by atoms with Gasteiger partial charge in [-0.1, -0.05) is 0 Å². The Balaban J connectivity index is 2.04. The molecule has 1 aromatic carbocycles. The molecule has 1 heterocycles. The van der Waals surface area contributed by atoms with Gasteiger partial charge in [0, 0.05) is 31.5 Å². The minimum absolute atomic E-state index is 0.0373. The number of Topliss-reactive ketones (excluding diaryl/α,β-unsaturated/α-hetero) is 1. The lowest BCUT2D eigenvalue weighted by molar-refractivity contribution is -0.125. The van der Waals surface area contributed by atoms with Crippen molar-refractivity contribution in [2.24, 2.45) is 0 Å². The van der Waals surface area contributed by atoms with Crippen LogP contribution in [0.25, 0.3) is 0 Å². The Morgan fingerprint density at radius 1 is 1.16 bits per heavy atom. The van der Waals surface area contributed by atoms with Gasteiger partial charge in [0.05, 0.1) is 6.42 Å². The van der Waals surface area contributed by atoms with Gasteiger partial charge in [-0.05, 0) is 44.0 Å². The molecule has 19 heavy (non-hydrogen) atoms. The smallest absolute Gasteiger partial charge is 0.234 e. The number of carbonyl (C=O) groups is 2. The summed E-state index contributed by atoms with van der Waals surface area (Å²) >= 11 is 0. The van der Waals surface area contributed by atoms with Gasteiger partial charge in [0.2, 0.25) is 5.91 Å². The molecule has 1 aliphatic heterocycles. The molecule has 0 saturated carbocycles. The Hall–Kier alpha value is -1.84. The molecule has 0 N–H and O–H groups in total. The van der Waals surface area contributed by atoms with Crippen LogP contribution in [-0.2, 0) is 9.59 Å². The van der Waals surface area contributed by atoms with Crippen molar-refractivity contribution >= 4 is 23.1 Å². The molecule has 0 aliphatic carbocycles. The molecular weight excluding hydrogens is 240 g/mol. The lowest BCUT2D eigenvalue weighted by Crippen LogP contribution is -2.27. The van der Waals surface area contributed by atoms with Crippen molar-refractivity contribution in [3.63, 3.8) is 0 Å². The summed E-state index contributed by atoms with van der Waals surface area (Å²) in [6.45, 7) is 3.65. The van der Waals surface area contributed by atoms with Crippen molar-refractivity contribution in [3.05, 3.63) is 24.3 Å². The average Bonchev–Trinajstić information content (AvgIpc) is 2.91. The molecule has 1 amide bonds. The highest BCUT2D eigenvalue weighted by atomic mass is 16.2. The van der Waals surface area contributed by atoms with Crippen molar-refractivity contribution in [1.29, 1.82) is 0 Å². The number of amides is 1. The third-order valence-corrected chi connectivity index (χ3v) is 3.48. The summed E-state index contributed by atoms with van der Waals surface area (Å²) < 4.78 is 0. The van der Waals surface area contributed by atoms with Gasteiger partial charge in [0.15, 0.2) is 0 Å². The van der Waals surface area contributed by atoms with Crippen LogP contribution in [0.2, 0.25) is 0 Å². The number of rotatable bonds is 4. The van der Waals surface area contributed by atoms with E-state index < -0.39 is 0 Å². The first kappa shape index (κ1) is 13.6. The fraction of sp³-hybridized carbons (Fsp3) is 0.467. The number of ketones is 1. The SMILES string of the molecule is CC(=O)CC(=O)N(C)c1ccc(N2CCCC2)cc1. The maximum atomic E-state index is 11.8. The minimum atomic E-state index is -0.165. The molecule has 0 aromatic heterocycles. The molecule has 0 spiro atoms. The first-order valence-electron chi connectivity index (χ1n) is 6.69. The lowest BCUT2D eigenvalue weighted by Gasteiger charge is -2.20. The molecule has 4 nitrogen and oxygen atoms in total. The fourth-order valence-corrected chi connectivity index (χ4v) is 2.34. The molecule has 1 fully saturated rings. The number of carbonyl (C=O) groups excluding carboxylic acids is 2. The van der Waals surface area contributed by atoms with E-state index in [0.29, 0.717) is 0 Å². The van der Waals surface area contributed by atoms with Crippen LogP contribution in [0.3, 0.4) is 0 Å². The summed E-state index contributed by atoms with van der Waals surface area (Å²) in [7, 11) is 1.70. The first-order valence-corrected chi connectivity index (χ1v) is 6.69. The largest absolute Gasteiger partial charge is 0.372 e. The van der Waals surface area contributed by atoms with E-state index in [0.717, 1.165) is 18.8 Å². The lowest BCUT2D eigenvalue weighted by atomic mass is 10.2. The Labute approximate surface area is 114 Å². The average molecular weight is 260 g/mol. The van der Waals surface area contributed by atoms with Crippen LogP contribution < -0.4 is 9.80 Å². The van der Waals surface area contributed by atoms with E-state index in [4.69, 9.17) is 0 Å². The summed E-state index contributed by atoms with van der Waals surface area (Å²) in [6.07, 6.45) is 2.46. The van der Waals surface area contributed by atoms with Gasteiger partial charge in [0.25, 0.3) is 0 Å². The normalized spacial score (nSPS) is 14.5. The maximum Gasteiger partial charge on any atom is 0.234 e. The van der Waals surface area contributed by atoms with Gasteiger partial charge in [-0.3, -0.25) is 9.59 Å². The predicted octanol–water partition coefficient (Wildman–Crippen LogP) is 2.23. The number of benzene rings is 1. The quantitative estimate of drug-likeness (QED) is 0.779. The third-order valence-electron chi connectivity index (χ3n) is 3.48. The van der Waals surface area contributed by atoms with E-state index >= 15 is 0 Å². The van der Waals surface area contributed by atoms with E-state index in [-0.39, 0.29) is 18.1 Å². The number of hydrogen-bond acceptors (Lipinski definition) is 3. The standard InChI is InChI=1S/C15H20N2O2/c1-12(18)11-15(19)16(2)13-5-7-14(8-6-13)17-9-3-4-10-17/h5-8H,3-4,9-11H2,1-2H3. The first-order chi connectivity index (χ1) is 9.08. The zero-order valence-corrected chi connectivity index (χ0v) is 11.6. The molecule has 0 unspecified atom stereocenters. The summed E-state index contributed by atoms with van der Waals surface area (Å²) in [5.74, 6) is -0.271. The van der Waals surface area contributed by atoms with Crippen molar-refractivity contribution < 1.29 is 9.59 Å². The monoisotopic (exact) mass is 260 g/mol. The minimum Gasteiger partial charge on any atom is -0.372 e. The second-order valence-electron chi connectivity index (χ2n) is 5.04. The molecule has 1 saturated heterocycles. The van der Waals surface area contributed by atoms with Crippen LogP contribution in [0.5, 0.6) is 0 Å². The fourth-order valence-electron chi connectivity index (χ4n) is 2.34. The van der Waals surface area contributed by atoms with Crippen molar-refractivity contribution in [1.82, 2.24) is 0 Å². The highest BCUT2D eigenvalue weighted by Gasteiger charge is 2.15. The van der Waals surface area contributed by atoms with E-state index in [2.05, 4.69) is 4.90 Å². The Kier molecular flexibility index (Phi) is 4.20. The van der Waals surface area contributed by atoms with Gasteiger partial charge >= 0.3 is 0 Å². The Morgan fingerprint density at radius 3 is 2.26 bits per heavy atom. The molecular formula is C15H20N2O2. The Bertz CT molecular complexity index is 462. The number of nitrogens with zero attached hydrogens (tertiary/aromatic N) is 2. The van der Waals surface area contributed by atoms with Crippen LogP contribution in [0, 0.1) is 0 Å². The summed E-state index contributed by atoms with van der Waals surface area (Å²) in [4.78, 5) is 26.6. The Morgan fingerprint density at radius 2 is 1.74 bits per heavy atom. The molecule has 0 atom stereocenters. The van der Waals surface area contributed by atoms with Crippen molar-refractivity contribution in [2.75, 3.05) is 29.9 Å². The van der Waals surface area contributed by atoms with Gasteiger partial charge in [-0.2, -0.15) is 0 Å². The molecule has 102 valence electrons. The van der Waals surface area contributed by atoms with Crippen molar-refractivity contribution in [3.8, 4) is 0 Å². The molecule has 1 aliphatic rings. The van der Waals surface area contributed by atoms with E-state index in [9.17, 15) is 9.59 Å². The zero-order valence-electron chi connectivity index (χ0n) is 11.6. The highest BCUT2D eigenvalue weighted by Crippen LogP contribution is 2.23. The van der Waals surface area contributed by atoms with E-state index in [1.54, 1.807) is 7.05 Å². The van der Waals surface area contributed by atoms with Crippen LogP contribution in [0.1, 0.15) is 26.2 Å². The molecule has 0 bridgehead atoms. The molecule has 4 heteroatoms. The van der Waals surface area contributed by atoms with Crippen LogP contribution in [0.4, 0.5) is 11.4 Å².